The summed E-state index contributed by atoms with van der Waals surface area (Å²) < 4.78 is 54.9. The van der Waals surface area contributed by atoms with E-state index in [4.69, 9.17) is 11.6 Å². The first-order chi connectivity index (χ1) is 14.2. The smallest absolute Gasteiger partial charge is 0.361 e. The molecule has 0 radical (unpaired) electrons. The lowest BCUT2D eigenvalue weighted by atomic mass is 10.0. The third kappa shape index (κ3) is 4.01. The van der Waals surface area contributed by atoms with Crippen molar-refractivity contribution in [3.05, 3.63) is 68.8 Å². The molecule has 30 heavy (non-hydrogen) atoms. The number of nitrogens with one attached hydrogen (secondary N) is 2. The maximum Gasteiger partial charge on any atom is 0.410 e. The molecule has 1 aliphatic heterocycles. The summed E-state index contributed by atoms with van der Waals surface area (Å²) in [6.45, 7) is 0.0472. The number of carbonyl (C=O) groups is 1. The molecule has 3 heterocycles. The second kappa shape index (κ2) is 7.92. The van der Waals surface area contributed by atoms with Gasteiger partial charge in [0, 0.05) is 17.8 Å². The molecule has 0 unspecified atom stereocenters. The Morgan fingerprint density at radius 2 is 2.03 bits per heavy atom. The van der Waals surface area contributed by atoms with E-state index in [0.717, 1.165) is 9.56 Å². The van der Waals surface area contributed by atoms with Gasteiger partial charge in [-0.25, -0.2) is 9.07 Å². The van der Waals surface area contributed by atoms with Crippen molar-refractivity contribution in [3.63, 3.8) is 0 Å². The van der Waals surface area contributed by atoms with Crippen molar-refractivity contribution in [2.45, 2.75) is 31.2 Å². The second-order valence-corrected chi connectivity index (χ2v) is 8.13. The zero-order valence-corrected chi connectivity index (χ0v) is 16.8. The highest BCUT2D eigenvalue weighted by Crippen LogP contribution is 2.46. The van der Waals surface area contributed by atoms with Crippen LogP contribution >= 0.6 is 22.9 Å². The van der Waals surface area contributed by atoms with Crippen molar-refractivity contribution < 1.29 is 22.4 Å². The van der Waals surface area contributed by atoms with Gasteiger partial charge in [-0.2, -0.15) is 18.3 Å². The zero-order valence-electron chi connectivity index (χ0n) is 15.2. The van der Waals surface area contributed by atoms with E-state index in [2.05, 4.69) is 15.7 Å². The molecule has 0 spiro atoms. The number of hydrogen-bond donors (Lipinski definition) is 2. The topological polar surface area (TPSA) is 59.0 Å². The van der Waals surface area contributed by atoms with Crippen LogP contribution in [0.5, 0.6) is 0 Å². The van der Waals surface area contributed by atoms with E-state index in [1.54, 1.807) is 17.5 Å². The van der Waals surface area contributed by atoms with Gasteiger partial charge in [0.1, 0.15) is 16.7 Å². The molecular formula is C19H15ClF4N4OS. The van der Waals surface area contributed by atoms with Crippen LogP contribution in [0, 0.1) is 5.82 Å². The molecule has 3 aromatic rings. The third-order valence-corrected chi connectivity index (χ3v) is 6.11. The van der Waals surface area contributed by atoms with E-state index >= 15 is 0 Å². The van der Waals surface area contributed by atoms with Crippen LogP contribution in [0.15, 0.2) is 41.8 Å². The Balaban J connectivity index is 1.61. The van der Waals surface area contributed by atoms with Crippen LogP contribution in [0.25, 0.3) is 0 Å². The Morgan fingerprint density at radius 3 is 2.67 bits per heavy atom. The van der Waals surface area contributed by atoms with Gasteiger partial charge in [0.15, 0.2) is 11.7 Å². The molecule has 1 aliphatic rings. The molecule has 4 rings (SSSR count). The highest BCUT2D eigenvalue weighted by atomic mass is 35.5. The SMILES string of the molecule is O=C(NCc1ccc(F)cc1)c1nn2c(c1Cl)N[C@H](c1cccs1)C[C@H]2C(F)(F)F. The number of fused-ring (bicyclic) bond motifs is 1. The van der Waals surface area contributed by atoms with Crippen LogP contribution in [-0.4, -0.2) is 21.9 Å². The molecule has 0 aliphatic carbocycles. The van der Waals surface area contributed by atoms with Crippen molar-refractivity contribution in [1.82, 2.24) is 15.1 Å². The van der Waals surface area contributed by atoms with Crippen LogP contribution in [0.1, 0.15) is 39.4 Å². The number of thiophene rings is 1. The first kappa shape index (κ1) is 20.7. The fourth-order valence-corrected chi connectivity index (χ4v) is 4.33. The second-order valence-electron chi connectivity index (χ2n) is 6.77. The fraction of sp³-hybridized carbons (Fsp3) is 0.263. The quantitative estimate of drug-likeness (QED) is 0.520. The lowest BCUT2D eigenvalue weighted by Crippen LogP contribution is -2.35. The molecule has 2 N–H and O–H groups in total. The number of rotatable bonds is 4. The largest absolute Gasteiger partial charge is 0.410 e. The summed E-state index contributed by atoms with van der Waals surface area (Å²) in [7, 11) is 0. The first-order valence-electron chi connectivity index (χ1n) is 8.91. The highest BCUT2D eigenvalue weighted by molar-refractivity contribution is 7.10. The molecule has 5 nitrogen and oxygen atoms in total. The zero-order chi connectivity index (χ0) is 21.5. The minimum absolute atomic E-state index is 0.0458. The molecule has 0 saturated heterocycles. The van der Waals surface area contributed by atoms with Gasteiger partial charge in [-0.15, -0.1) is 11.3 Å². The summed E-state index contributed by atoms with van der Waals surface area (Å²) in [6, 6.07) is 6.44. The highest BCUT2D eigenvalue weighted by Gasteiger charge is 2.48. The van der Waals surface area contributed by atoms with Gasteiger partial charge in [-0.1, -0.05) is 29.8 Å². The molecule has 158 valence electrons. The Hall–Kier alpha value is -2.59. The van der Waals surface area contributed by atoms with E-state index in [1.165, 1.54) is 35.6 Å². The van der Waals surface area contributed by atoms with E-state index in [0.29, 0.717) is 5.56 Å². The number of benzene rings is 1. The molecule has 1 aromatic carbocycles. The van der Waals surface area contributed by atoms with E-state index < -0.39 is 30.0 Å². The van der Waals surface area contributed by atoms with Gasteiger partial charge in [-0.05, 0) is 29.1 Å². The van der Waals surface area contributed by atoms with Crippen molar-refractivity contribution in [2.24, 2.45) is 0 Å². The summed E-state index contributed by atoms with van der Waals surface area (Å²) in [5, 5.41) is 11.0. The van der Waals surface area contributed by atoms with Gasteiger partial charge in [0.05, 0.1) is 6.04 Å². The van der Waals surface area contributed by atoms with E-state index in [9.17, 15) is 22.4 Å². The average molecular weight is 459 g/mol. The lowest BCUT2D eigenvalue weighted by Gasteiger charge is -2.32. The number of nitrogens with zero attached hydrogens (tertiary/aromatic N) is 2. The molecule has 2 aromatic heterocycles. The van der Waals surface area contributed by atoms with E-state index in [1.807, 2.05) is 0 Å². The monoisotopic (exact) mass is 458 g/mol. The summed E-state index contributed by atoms with van der Waals surface area (Å²) in [6.07, 6.45) is -4.84. The maximum atomic E-state index is 13.7. The van der Waals surface area contributed by atoms with Crippen LogP contribution in [-0.2, 0) is 6.54 Å². The molecule has 0 fully saturated rings. The van der Waals surface area contributed by atoms with Crippen LogP contribution < -0.4 is 10.6 Å². The minimum atomic E-state index is -4.57. The standard InChI is InChI=1S/C19H15ClF4N4OS/c20-15-16(18(29)25-9-10-3-5-11(21)6-4-10)27-28-14(19(22,23)24)8-12(26-17(15)28)13-2-1-7-30-13/h1-7,12,14,26H,8-9H2,(H,25,29)/t12-,14-/m0/s1. The summed E-state index contributed by atoms with van der Waals surface area (Å²) >= 11 is 7.60. The molecule has 2 atom stereocenters. The normalized spacial score (nSPS) is 18.6. The average Bonchev–Trinajstić information content (AvgIpc) is 3.34. The number of alkyl halides is 3. The van der Waals surface area contributed by atoms with Crippen LogP contribution in [0.4, 0.5) is 23.4 Å². The number of amides is 1. The fourth-order valence-electron chi connectivity index (χ4n) is 3.28. The molecule has 0 bridgehead atoms. The van der Waals surface area contributed by atoms with Gasteiger partial charge < -0.3 is 10.6 Å². The molecular weight excluding hydrogens is 444 g/mol. The van der Waals surface area contributed by atoms with Crippen LogP contribution in [0.3, 0.4) is 0 Å². The van der Waals surface area contributed by atoms with Gasteiger partial charge >= 0.3 is 6.18 Å². The van der Waals surface area contributed by atoms with Crippen LogP contribution in [0.2, 0.25) is 5.02 Å². The number of carbonyl (C=O) groups excluding carboxylic acids is 1. The maximum absolute atomic E-state index is 13.7. The number of halogens is 5. The number of hydrogen-bond acceptors (Lipinski definition) is 4. The Labute approximate surface area is 177 Å². The van der Waals surface area contributed by atoms with E-state index in [-0.39, 0.29) is 29.5 Å². The first-order valence-corrected chi connectivity index (χ1v) is 10.2. The summed E-state index contributed by atoms with van der Waals surface area (Å²) in [5.74, 6) is -1.18. The Bertz CT molecular complexity index is 1050. The predicted octanol–water partition coefficient (Wildman–Crippen LogP) is 5.33. The molecule has 1 amide bonds. The van der Waals surface area contributed by atoms with Crippen molar-refractivity contribution >= 4 is 34.7 Å². The lowest BCUT2D eigenvalue weighted by molar-refractivity contribution is -0.173. The van der Waals surface area contributed by atoms with Crippen molar-refractivity contribution in [3.8, 4) is 0 Å². The molecule has 0 saturated carbocycles. The Morgan fingerprint density at radius 1 is 1.30 bits per heavy atom. The Kier molecular flexibility index (Phi) is 5.46. The van der Waals surface area contributed by atoms with Crippen molar-refractivity contribution in [2.75, 3.05) is 5.32 Å². The summed E-state index contributed by atoms with van der Waals surface area (Å²) in [4.78, 5) is 13.3. The summed E-state index contributed by atoms with van der Waals surface area (Å²) in [5.41, 5.74) is 0.316. The van der Waals surface area contributed by atoms with Gasteiger partial charge in [0.2, 0.25) is 0 Å². The van der Waals surface area contributed by atoms with Gasteiger partial charge in [-0.3, -0.25) is 4.79 Å². The van der Waals surface area contributed by atoms with Gasteiger partial charge in [0.25, 0.3) is 5.91 Å². The number of aromatic nitrogens is 2. The van der Waals surface area contributed by atoms with Crippen molar-refractivity contribution in [1.29, 1.82) is 0 Å². The number of anilines is 1. The molecule has 11 heteroatoms. The predicted molar refractivity (Wildman–Crippen MR) is 105 cm³/mol. The third-order valence-electron chi connectivity index (χ3n) is 4.76. The minimum Gasteiger partial charge on any atom is -0.361 e.